The maximum absolute atomic E-state index is 12.9. The van der Waals surface area contributed by atoms with Crippen molar-refractivity contribution in [2.24, 2.45) is 0 Å². The number of hydrogen-bond acceptors (Lipinski definition) is 5. The van der Waals surface area contributed by atoms with Crippen molar-refractivity contribution < 1.29 is 23.9 Å². The molecule has 0 saturated carbocycles. The molecule has 0 radical (unpaired) electrons. The number of nitrogens with zero attached hydrogens (tertiary/aromatic N) is 1. The van der Waals surface area contributed by atoms with Gasteiger partial charge in [0.05, 0.1) is 10.7 Å². The molecule has 28 heavy (non-hydrogen) atoms. The lowest BCUT2D eigenvalue weighted by molar-refractivity contribution is -0.162. The van der Waals surface area contributed by atoms with Crippen molar-refractivity contribution in [1.29, 1.82) is 0 Å². The third-order valence-electron chi connectivity index (χ3n) is 5.14. The molecule has 0 bridgehead atoms. The number of ether oxygens (including phenoxy) is 2. The SMILES string of the molecule is CC(C)(C)OC(=O)C1Cc2c(N3C(=O)C4=C(CCCC4)C3=O)ccc(Cl)c2O1. The van der Waals surface area contributed by atoms with Crippen LogP contribution in [0.2, 0.25) is 5.02 Å². The fraction of sp³-hybridized carbons (Fsp3) is 0.476. The Morgan fingerprint density at radius 2 is 1.75 bits per heavy atom. The lowest BCUT2D eigenvalue weighted by Gasteiger charge is -2.21. The van der Waals surface area contributed by atoms with Gasteiger partial charge < -0.3 is 9.47 Å². The molecule has 2 heterocycles. The first-order valence-electron chi connectivity index (χ1n) is 9.49. The largest absolute Gasteiger partial charge is 0.476 e. The van der Waals surface area contributed by atoms with Crippen LogP contribution in [0.3, 0.4) is 0 Å². The number of hydrogen-bond donors (Lipinski definition) is 0. The van der Waals surface area contributed by atoms with Gasteiger partial charge in [0, 0.05) is 23.1 Å². The average molecular weight is 404 g/mol. The number of carbonyl (C=O) groups excluding carboxylic acids is 3. The van der Waals surface area contributed by atoms with Gasteiger partial charge in [0.2, 0.25) is 0 Å². The van der Waals surface area contributed by atoms with E-state index in [0.29, 0.717) is 46.0 Å². The van der Waals surface area contributed by atoms with Crippen molar-refractivity contribution in [3.05, 3.63) is 33.9 Å². The number of fused-ring (bicyclic) bond motifs is 1. The van der Waals surface area contributed by atoms with E-state index in [1.165, 1.54) is 4.90 Å². The van der Waals surface area contributed by atoms with Gasteiger partial charge in [0.25, 0.3) is 11.8 Å². The van der Waals surface area contributed by atoms with Gasteiger partial charge in [-0.3, -0.25) is 9.59 Å². The van der Waals surface area contributed by atoms with Crippen LogP contribution in [0, 0.1) is 0 Å². The molecule has 1 atom stereocenters. The van der Waals surface area contributed by atoms with Crippen LogP contribution in [0.4, 0.5) is 5.69 Å². The molecular weight excluding hydrogens is 382 g/mol. The summed E-state index contributed by atoms with van der Waals surface area (Å²) in [5, 5.41) is 0.335. The molecule has 4 rings (SSSR count). The van der Waals surface area contributed by atoms with E-state index in [1.807, 2.05) is 0 Å². The first-order chi connectivity index (χ1) is 13.2. The van der Waals surface area contributed by atoms with Gasteiger partial charge in [-0.2, -0.15) is 0 Å². The minimum Gasteiger partial charge on any atom is -0.476 e. The van der Waals surface area contributed by atoms with Crippen LogP contribution in [0.25, 0.3) is 0 Å². The van der Waals surface area contributed by atoms with Gasteiger partial charge in [-0.25, -0.2) is 9.69 Å². The second-order valence-electron chi connectivity index (χ2n) is 8.33. The van der Waals surface area contributed by atoms with Crippen LogP contribution in [0.1, 0.15) is 52.0 Å². The molecule has 0 N–H and O–H groups in total. The van der Waals surface area contributed by atoms with E-state index < -0.39 is 17.7 Å². The van der Waals surface area contributed by atoms with Crippen molar-refractivity contribution in [1.82, 2.24) is 0 Å². The third kappa shape index (κ3) is 3.09. The summed E-state index contributed by atoms with van der Waals surface area (Å²) in [6.45, 7) is 5.34. The van der Waals surface area contributed by atoms with Gasteiger partial charge in [-0.15, -0.1) is 0 Å². The molecule has 148 valence electrons. The highest BCUT2D eigenvalue weighted by atomic mass is 35.5. The summed E-state index contributed by atoms with van der Waals surface area (Å²) < 4.78 is 11.2. The van der Waals surface area contributed by atoms with E-state index in [4.69, 9.17) is 21.1 Å². The zero-order chi connectivity index (χ0) is 20.2. The standard InChI is InChI=1S/C21H22ClNO5/c1-21(2,3)28-20(26)16-10-13-15(9-8-14(22)17(13)27-16)23-18(24)11-6-4-5-7-12(11)19(23)25/h8-9,16H,4-7,10H2,1-3H3. The van der Waals surface area contributed by atoms with Crippen LogP contribution < -0.4 is 9.64 Å². The topological polar surface area (TPSA) is 72.9 Å². The van der Waals surface area contributed by atoms with E-state index in [-0.39, 0.29) is 18.2 Å². The van der Waals surface area contributed by atoms with Crippen LogP contribution in [0.15, 0.2) is 23.3 Å². The number of amides is 2. The van der Waals surface area contributed by atoms with Gasteiger partial charge in [0.1, 0.15) is 11.4 Å². The second-order valence-corrected chi connectivity index (χ2v) is 8.74. The Labute approximate surface area is 168 Å². The number of esters is 1. The Morgan fingerprint density at radius 1 is 1.14 bits per heavy atom. The molecule has 2 aliphatic heterocycles. The van der Waals surface area contributed by atoms with Gasteiger partial charge in [-0.1, -0.05) is 11.6 Å². The van der Waals surface area contributed by atoms with Crippen molar-refractivity contribution in [2.45, 2.75) is 64.6 Å². The molecule has 1 unspecified atom stereocenters. The number of benzene rings is 1. The molecule has 0 aromatic heterocycles. The molecule has 1 aromatic carbocycles. The van der Waals surface area contributed by atoms with E-state index >= 15 is 0 Å². The Morgan fingerprint density at radius 3 is 2.32 bits per heavy atom. The van der Waals surface area contributed by atoms with Gasteiger partial charge in [-0.05, 0) is 58.6 Å². The molecular formula is C21H22ClNO5. The summed E-state index contributed by atoms with van der Waals surface area (Å²) in [7, 11) is 0. The zero-order valence-electron chi connectivity index (χ0n) is 16.1. The van der Waals surface area contributed by atoms with Crippen LogP contribution in [0.5, 0.6) is 5.75 Å². The lowest BCUT2D eigenvalue weighted by Crippen LogP contribution is -2.34. The Balaban J connectivity index is 1.67. The Bertz CT molecular complexity index is 899. The highest BCUT2D eigenvalue weighted by Gasteiger charge is 2.43. The Hall–Kier alpha value is -2.34. The summed E-state index contributed by atoms with van der Waals surface area (Å²) >= 11 is 6.27. The number of rotatable bonds is 2. The van der Waals surface area contributed by atoms with Crippen LogP contribution in [-0.2, 0) is 25.5 Å². The molecule has 0 saturated heterocycles. The smallest absolute Gasteiger partial charge is 0.348 e. The summed E-state index contributed by atoms with van der Waals surface area (Å²) in [6, 6.07) is 3.24. The predicted molar refractivity (Wildman–Crippen MR) is 103 cm³/mol. The predicted octanol–water partition coefficient (Wildman–Crippen LogP) is 3.73. The van der Waals surface area contributed by atoms with Crippen molar-refractivity contribution in [2.75, 3.05) is 4.90 Å². The normalized spacial score (nSPS) is 21.6. The van der Waals surface area contributed by atoms with Crippen LogP contribution in [-0.4, -0.2) is 29.5 Å². The van der Waals surface area contributed by atoms with Crippen LogP contribution >= 0.6 is 11.6 Å². The average Bonchev–Trinajstić information content (AvgIpc) is 3.17. The first kappa shape index (κ1) is 19.0. The van der Waals surface area contributed by atoms with Gasteiger partial charge >= 0.3 is 5.97 Å². The maximum atomic E-state index is 12.9. The van der Waals surface area contributed by atoms with E-state index in [1.54, 1.807) is 32.9 Å². The van der Waals surface area contributed by atoms with Crippen molar-refractivity contribution >= 4 is 35.1 Å². The summed E-state index contributed by atoms with van der Waals surface area (Å²) in [4.78, 5) is 39.5. The van der Waals surface area contributed by atoms with E-state index in [2.05, 4.69) is 0 Å². The molecule has 6 nitrogen and oxygen atoms in total. The second kappa shape index (κ2) is 6.62. The summed E-state index contributed by atoms with van der Waals surface area (Å²) in [5.41, 5.74) is 1.61. The summed E-state index contributed by atoms with van der Waals surface area (Å²) in [6.07, 6.45) is 2.42. The number of anilines is 1. The number of halogens is 1. The van der Waals surface area contributed by atoms with Gasteiger partial charge in [0.15, 0.2) is 6.10 Å². The monoisotopic (exact) mass is 403 g/mol. The highest BCUT2D eigenvalue weighted by molar-refractivity contribution is 6.35. The van der Waals surface area contributed by atoms with Crippen molar-refractivity contribution in [3.63, 3.8) is 0 Å². The number of imide groups is 1. The minimum absolute atomic E-state index is 0.196. The van der Waals surface area contributed by atoms with E-state index in [0.717, 1.165) is 12.8 Å². The maximum Gasteiger partial charge on any atom is 0.348 e. The molecule has 1 aliphatic carbocycles. The minimum atomic E-state index is -0.858. The quantitative estimate of drug-likeness (QED) is 0.555. The molecule has 7 heteroatoms. The first-order valence-corrected chi connectivity index (χ1v) is 9.87. The highest BCUT2D eigenvalue weighted by Crippen LogP contribution is 2.45. The fourth-order valence-electron chi connectivity index (χ4n) is 3.95. The molecule has 3 aliphatic rings. The molecule has 1 aromatic rings. The fourth-order valence-corrected chi connectivity index (χ4v) is 4.17. The zero-order valence-corrected chi connectivity index (χ0v) is 16.9. The molecule has 2 amide bonds. The van der Waals surface area contributed by atoms with E-state index in [9.17, 15) is 14.4 Å². The van der Waals surface area contributed by atoms with Crippen molar-refractivity contribution in [3.8, 4) is 5.75 Å². The molecule has 0 spiro atoms. The summed E-state index contributed by atoms with van der Waals surface area (Å²) in [5.74, 6) is -0.711. The molecule has 0 fully saturated rings. The Kier molecular flexibility index (Phi) is 4.49. The lowest BCUT2D eigenvalue weighted by atomic mass is 9.93. The third-order valence-corrected chi connectivity index (χ3v) is 5.44. The number of carbonyl (C=O) groups is 3.